The molecule has 0 aliphatic rings. The van der Waals surface area contributed by atoms with Crippen LogP contribution in [0.25, 0.3) is 0 Å². The summed E-state index contributed by atoms with van der Waals surface area (Å²) in [4.78, 5) is 38.3. The van der Waals surface area contributed by atoms with Crippen molar-refractivity contribution in [3.8, 4) is 0 Å². The lowest BCUT2D eigenvalue weighted by molar-refractivity contribution is -0.118. The van der Waals surface area contributed by atoms with Crippen LogP contribution in [0.3, 0.4) is 0 Å². The van der Waals surface area contributed by atoms with Crippen LogP contribution >= 0.6 is 0 Å². The molecule has 1 heterocycles. The fourth-order valence-electron chi connectivity index (χ4n) is 3.14. The number of allylic oxidation sites excluding steroid dienone is 3. The number of rotatable bonds is 13. The van der Waals surface area contributed by atoms with Gasteiger partial charge in [0, 0.05) is 48.4 Å². The van der Waals surface area contributed by atoms with Crippen LogP contribution in [0.4, 0.5) is 8.78 Å². The van der Waals surface area contributed by atoms with E-state index in [1.807, 2.05) is 0 Å². The van der Waals surface area contributed by atoms with Crippen molar-refractivity contribution in [1.29, 1.82) is 0 Å². The van der Waals surface area contributed by atoms with Crippen LogP contribution in [0.1, 0.15) is 50.4 Å². The van der Waals surface area contributed by atoms with Gasteiger partial charge in [-0.3, -0.25) is 19.6 Å². The van der Waals surface area contributed by atoms with Gasteiger partial charge >= 0.3 is 0 Å². The summed E-state index contributed by atoms with van der Waals surface area (Å²) in [6.45, 7) is 9.78. The predicted molar refractivity (Wildman–Crippen MR) is 136 cm³/mol. The Bertz CT molecular complexity index is 1060. The number of carbonyl (C=O) groups excluding carboxylic acids is 2. The van der Waals surface area contributed by atoms with Gasteiger partial charge in [-0.05, 0) is 50.8 Å². The number of hydrogen-bond donors (Lipinski definition) is 2. The Kier molecular flexibility index (Phi) is 12.1. The molecule has 188 valence electrons. The summed E-state index contributed by atoms with van der Waals surface area (Å²) in [6.07, 6.45) is 9.89. The number of alkyl halides is 2. The molecule has 1 aromatic heterocycles. The molecule has 0 aliphatic heterocycles. The van der Waals surface area contributed by atoms with Gasteiger partial charge in [-0.1, -0.05) is 31.7 Å². The maximum atomic E-state index is 13.2. The molecule has 0 spiro atoms. The van der Waals surface area contributed by atoms with Crippen LogP contribution in [-0.4, -0.2) is 35.2 Å². The number of Topliss-reactive ketones (excluding diaryl/α,β-unsaturated/α-hetero) is 1. The number of nitrogens with one attached hydrogen (secondary N) is 1. The van der Waals surface area contributed by atoms with Crippen molar-refractivity contribution in [2.45, 2.75) is 59.4 Å². The van der Waals surface area contributed by atoms with Crippen molar-refractivity contribution in [2.24, 2.45) is 15.7 Å². The van der Waals surface area contributed by atoms with E-state index in [1.165, 1.54) is 24.6 Å². The van der Waals surface area contributed by atoms with Crippen LogP contribution in [0.5, 0.6) is 0 Å². The van der Waals surface area contributed by atoms with E-state index in [-0.39, 0.29) is 42.7 Å². The fraction of sp³-hybridized carbons (Fsp3) is 0.346. The van der Waals surface area contributed by atoms with Gasteiger partial charge in [0.15, 0.2) is 0 Å². The van der Waals surface area contributed by atoms with E-state index in [0.717, 1.165) is 18.8 Å². The molecule has 1 rings (SSSR count). The molecule has 0 fully saturated rings. The smallest absolute Gasteiger partial charge is 0.252 e. The molecule has 0 atom stereocenters. The van der Waals surface area contributed by atoms with Gasteiger partial charge in [-0.15, -0.1) is 0 Å². The molecule has 35 heavy (non-hydrogen) atoms. The van der Waals surface area contributed by atoms with E-state index in [0.29, 0.717) is 11.3 Å². The zero-order valence-electron chi connectivity index (χ0n) is 20.6. The maximum absolute atomic E-state index is 13.2. The van der Waals surface area contributed by atoms with Crippen molar-refractivity contribution in [2.75, 3.05) is 0 Å². The normalized spacial score (nSPS) is 13.5. The lowest BCUT2D eigenvalue weighted by atomic mass is 9.98. The van der Waals surface area contributed by atoms with Gasteiger partial charge in [-0.25, -0.2) is 13.8 Å². The Morgan fingerprint density at radius 1 is 1.34 bits per heavy atom. The van der Waals surface area contributed by atoms with Gasteiger partial charge in [0.25, 0.3) is 5.91 Å². The number of aryl methyl sites for hydroxylation is 2. The molecule has 7 nitrogen and oxygen atoms in total. The van der Waals surface area contributed by atoms with Crippen LogP contribution in [-0.2, 0) is 22.6 Å². The number of nitrogens with two attached hydrogens (primary N) is 1. The highest BCUT2D eigenvalue weighted by Gasteiger charge is 2.22. The number of amides is 1. The van der Waals surface area contributed by atoms with Gasteiger partial charge < -0.3 is 11.1 Å². The number of aliphatic imine (C=N–C) groups is 2. The first-order valence-corrected chi connectivity index (χ1v) is 11.2. The highest BCUT2D eigenvalue weighted by Crippen LogP contribution is 2.21. The molecule has 0 aromatic carbocycles. The third-order valence-corrected chi connectivity index (χ3v) is 4.93. The average molecular weight is 486 g/mol. The lowest BCUT2D eigenvalue weighted by Crippen LogP contribution is -2.26. The second-order valence-corrected chi connectivity index (χ2v) is 7.74. The Hall–Kier alpha value is -3.75. The molecule has 1 aromatic rings. The molecular weight excluding hydrogens is 452 g/mol. The lowest BCUT2D eigenvalue weighted by Gasteiger charge is -2.13. The van der Waals surface area contributed by atoms with E-state index < -0.39 is 17.6 Å². The van der Waals surface area contributed by atoms with Crippen LogP contribution in [0.15, 0.2) is 70.1 Å². The van der Waals surface area contributed by atoms with Crippen molar-refractivity contribution in [3.05, 3.63) is 76.9 Å². The van der Waals surface area contributed by atoms with Gasteiger partial charge in [0.05, 0.1) is 6.34 Å². The number of ketones is 1. The monoisotopic (exact) mass is 485 g/mol. The molecule has 0 saturated carbocycles. The number of carbonyl (C=O) groups is 2. The van der Waals surface area contributed by atoms with Crippen molar-refractivity contribution in [1.82, 2.24) is 10.3 Å². The summed E-state index contributed by atoms with van der Waals surface area (Å²) in [5.41, 5.74) is 7.88. The number of halogens is 2. The highest BCUT2D eigenvalue weighted by molar-refractivity contribution is 6.14. The SMILES string of the molecule is C=CC=N/C(=C\C)C(=O)/C(CC)=C(\C=C/N=CN)C(=O)NCc1cnc(CCC(C)(F)F)c(C)c1. The molecule has 3 N–H and O–H groups in total. The van der Waals surface area contributed by atoms with E-state index in [1.54, 1.807) is 39.1 Å². The van der Waals surface area contributed by atoms with Crippen LogP contribution in [0.2, 0.25) is 0 Å². The second kappa shape index (κ2) is 14.5. The van der Waals surface area contributed by atoms with Crippen LogP contribution < -0.4 is 11.1 Å². The van der Waals surface area contributed by atoms with Gasteiger partial charge in [0.1, 0.15) is 5.70 Å². The van der Waals surface area contributed by atoms with Crippen molar-refractivity contribution < 1.29 is 18.4 Å². The predicted octanol–water partition coefficient (Wildman–Crippen LogP) is 4.53. The maximum Gasteiger partial charge on any atom is 0.252 e. The largest absolute Gasteiger partial charge is 0.390 e. The van der Waals surface area contributed by atoms with E-state index >= 15 is 0 Å². The molecule has 0 unspecified atom stereocenters. The average Bonchev–Trinajstić information content (AvgIpc) is 2.81. The van der Waals surface area contributed by atoms with Crippen molar-refractivity contribution >= 4 is 24.2 Å². The fourth-order valence-corrected chi connectivity index (χ4v) is 3.14. The first-order valence-electron chi connectivity index (χ1n) is 11.2. The summed E-state index contributed by atoms with van der Waals surface area (Å²) in [7, 11) is 0. The zero-order valence-corrected chi connectivity index (χ0v) is 20.6. The highest BCUT2D eigenvalue weighted by atomic mass is 19.3. The van der Waals surface area contributed by atoms with E-state index in [4.69, 9.17) is 5.73 Å². The minimum Gasteiger partial charge on any atom is -0.390 e. The van der Waals surface area contributed by atoms with E-state index in [2.05, 4.69) is 26.9 Å². The molecular formula is C26H33F2N5O2. The summed E-state index contributed by atoms with van der Waals surface area (Å²) in [6, 6.07) is 1.79. The minimum absolute atomic E-state index is 0.128. The first kappa shape index (κ1) is 29.3. The molecule has 0 bridgehead atoms. The Morgan fingerprint density at radius 3 is 2.60 bits per heavy atom. The summed E-state index contributed by atoms with van der Waals surface area (Å²) < 4.78 is 26.3. The second-order valence-electron chi connectivity index (χ2n) is 7.74. The number of aromatic nitrogens is 1. The molecule has 9 heteroatoms. The molecule has 0 radical (unpaired) electrons. The third kappa shape index (κ3) is 9.95. The third-order valence-electron chi connectivity index (χ3n) is 4.93. The van der Waals surface area contributed by atoms with E-state index in [9.17, 15) is 18.4 Å². The molecule has 1 amide bonds. The zero-order chi connectivity index (χ0) is 26.4. The Balaban J connectivity index is 3.18. The topological polar surface area (TPSA) is 110 Å². The quantitative estimate of drug-likeness (QED) is 0.185. The Labute approximate surface area is 205 Å². The van der Waals surface area contributed by atoms with Gasteiger partial charge in [0.2, 0.25) is 11.7 Å². The minimum atomic E-state index is -2.76. The summed E-state index contributed by atoms with van der Waals surface area (Å²) >= 11 is 0. The number of nitrogens with zero attached hydrogens (tertiary/aromatic N) is 3. The number of pyridine rings is 1. The first-order chi connectivity index (χ1) is 16.6. The standard InChI is InChI=1S/C26H33F2N5O2/c1-6-12-31-22(8-3)24(34)20(7-2)21(10-13-30-17-29)25(35)33-16-19-14-18(4)23(32-15-19)9-11-26(5,27)28/h6,8,10,12-15,17H,1,7,9,11,16H2,2-5H3,(H2,29,30)(H,33,35)/b13-10-,21-20+,22-8-,31-12?. The molecule has 0 aliphatic carbocycles. The van der Waals surface area contributed by atoms with Crippen LogP contribution in [0, 0.1) is 6.92 Å². The number of hydrogen-bond acceptors (Lipinski definition) is 5. The van der Waals surface area contributed by atoms with Crippen molar-refractivity contribution in [3.63, 3.8) is 0 Å². The van der Waals surface area contributed by atoms with Gasteiger partial charge in [-0.2, -0.15) is 0 Å². The molecule has 0 saturated heterocycles. The summed E-state index contributed by atoms with van der Waals surface area (Å²) in [5, 5.41) is 2.78. The Morgan fingerprint density at radius 2 is 2.06 bits per heavy atom. The summed E-state index contributed by atoms with van der Waals surface area (Å²) in [5.74, 6) is -3.65.